The third-order valence-electron chi connectivity index (χ3n) is 5.72. The molecule has 1 heterocycles. The van der Waals surface area contributed by atoms with Crippen LogP contribution >= 0.6 is 0 Å². The topological polar surface area (TPSA) is 178 Å². The number of non-ortho nitro benzene ring substituents is 2. The van der Waals surface area contributed by atoms with Gasteiger partial charge in [0, 0.05) is 45.3 Å². The van der Waals surface area contributed by atoms with Crippen LogP contribution in [-0.4, -0.2) is 77.9 Å². The van der Waals surface area contributed by atoms with Crippen LogP contribution in [0.25, 0.3) is 0 Å². The molecule has 37 heavy (non-hydrogen) atoms. The summed E-state index contributed by atoms with van der Waals surface area (Å²) in [5, 5.41) is 21.7. The lowest BCUT2D eigenvalue weighted by atomic mass is 10.1. The van der Waals surface area contributed by atoms with Crippen molar-refractivity contribution < 1.29 is 43.2 Å². The van der Waals surface area contributed by atoms with Crippen LogP contribution in [0.1, 0.15) is 27.6 Å². The Kier molecular flexibility index (Phi) is 8.47. The lowest BCUT2D eigenvalue weighted by molar-refractivity contribution is -0.385. The van der Waals surface area contributed by atoms with Crippen LogP contribution in [0.4, 0.5) is 11.4 Å². The van der Waals surface area contributed by atoms with Crippen molar-refractivity contribution in [1.29, 1.82) is 0 Å². The van der Waals surface area contributed by atoms with Gasteiger partial charge in [-0.3, -0.25) is 25.0 Å². The first-order valence-electron chi connectivity index (χ1n) is 10.8. The highest BCUT2D eigenvalue weighted by atomic mass is 16.7. The number of carbonyl (C=O) groups is 3. The van der Waals surface area contributed by atoms with Gasteiger partial charge in [-0.2, -0.15) is 0 Å². The molecule has 1 saturated heterocycles. The molecule has 3 rings (SSSR count). The van der Waals surface area contributed by atoms with E-state index in [-0.39, 0.29) is 29.1 Å². The molecule has 1 aliphatic heterocycles. The summed E-state index contributed by atoms with van der Waals surface area (Å²) in [6.45, 7) is 0.929. The number of rotatable bonds is 9. The van der Waals surface area contributed by atoms with E-state index in [0.717, 1.165) is 24.3 Å². The molecule has 0 N–H and O–H groups in total. The molecular formula is C23H23N3O11. The quantitative estimate of drug-likeness (QED) is 0.270. The molecule has 0 unspecified atom stereocenters. The fourth-order valence-corrected chi connectivity index (χ4v) is 3.71. The number of hydrogen-bond acceptors (Lipinski definition) is 11. The van der Waals surface area contributed by atoms with Gasteiger partial charge in [0.1, 0.15) is 18.8 Å². The van der Waals surface area contributed by atoms with Gasteiger partial charge < -0.3 is 23.8 Å². The Morgan fingerprint density at radius 2 is 1.41 bits per heavy atom. The highest BCUT2D eigenvalue weighted by molar-refractivity contribution is 5.90. The summed E-state index contributed by atoms with van der Waals surface area (Å²) in [5.41, 5.74) is -0.318. The largest absolute Gasteiger partial charge is 0.459 e. The van der Waals surface area contributed by atoms with E-state index in [0.29, 0.717) is 0 Å². The molecule has 0 aliphatic carbocycles. The van der Waals surface area contributed by atoms with Gasteiger partial charge in [0.05, 0.1) is 21.0 Å². The predicted molar refractivity (Wildman–Crippen MR) is 124 cm³/mol. The summed E-state index contributed by atoms with van der Waals surface area (Å²) in [7, 11) is 2.75. The molecule has 1 amide bonds. The zero-order valence-corrected chi connectivity index (χ0v) is 20.0. The smallest absolute Gasteiger partial charge is 0.338 e. The standard InChI is InChI=1S/C23H23N3O11/c1-13(27)24(2)19-18(12-35-21(28)14-4-8-16(9-5-14)25(30)31)36-23(34-3)20(19)37-22(29)15-6-10-17(11-7-15)26(32)33/h4-11,18-20,23H,12H2,1-3H3/t18-,19-,20+,23-/m0/s1. The Labute approximate surface area is 210 Å². The molecule has 4 atom stereocenters. The molecule has 2 aromatic carbocycles. The van der Waals surface area contributed by atoms with Crippen molar-refractivity contribution >= 4 is 29.2 Å². The number of ether oxygens (including phenoxy) is 4. The minimum absolute atomic E-state index is 0.0257. The molecule has 0 saturated carbocycles. The molecule has 0 aromatic heterocycles. The third-order valence-corrected chi connectivity index (χ3v) is 5.72. The molecule has 196 valence electrons. The highest BCUT2D eigenvalue weighted by Gasteiger charge is 2.50. The molecule has 1 fully saturated rings. The average molecular weight is 517 g/mol. The van der Waals surface area contributed by atoms with Crippen molar-refractivity contribution in [3.63, 3.8) is 0 Å². The van der Waals surface area contributed by atoms with Crippen LogP contribution in [0.2, 0.25) is 0 Å². The number of carbonyl (C=O) groups excluding carboxylic acids is 3. The maximum absolute atomic E-state index is 12.8. The maximum atomic E-state index is 12.8. The van der Waals surface area contributed by atoms with Crippen LogP contribution in [-0.2, 0) is 23.7 Å². The monoisotopic (exact) mass is 517 g/mol. The first-order valence-corrected chi connectivity index (χ1v) is 10.8. The first-order chi connectivity index (χ1) is 17.5. The van der Waals surface area contributed by atoms with Crippen molar-refractivity contribution in [2.75, 3.05) is 20.8 Å². The molecule has 0 spiro atoms. The summed E-state index contributed by atoms with van der Waals surface area (Å²) in [5.74, 6) is -2.02. The number of hydrogen-bond donors (Lipinski definition) is 0. The van der Waals surface area contributed by atoms with Crippen molar-refractivity contribution in [1.82, 2.24) is 4.90 Å². The SMILES string of the molecule is CO[C@H]1O[C@@H](COC(=O)c2ccc([N+](=O)[O-])cc2)[C@H](N(C)C(C)=O)[C@H]1OC(=O)c1ccc([N+](=O)[O-])cc1. The second-order valence-corrected chi connectivity index (χ2v) is 7.98. The number of benzene rings is 2. The van der Waals surface area contributed by atoms with Crippen LogP contribution in [0.15, 0.2) is 48.5 Å². The van der Waals surface area contributed by atoms with E-state index in [1.807, 2.05) is 0 Å². The Morgan fingerprint density at radius 3 is 1.84 bits per heavy atom. The lowest BCUT2D eigenvalue weighted by Crippen LogP contribution is -2.51. The number of likely N-dealkylation sites (N-methyl/N-ethyl adjacent to an activating group) is 1. The molecule has 14 nitrogen and oxygen atoms in total. The van der Waals surface area contributed by atoms with Gasteiger partial charge in [-0.1, -0.05) is 0 Å². The Balaban J connectivity index is 1.76. The summed E-state index contributed by atoms with van der Waals surface area (Å²) in [4.78, 5) is 59.1. The zero-order valence-electron chi connectivity index (χ0n) is 20.0. The Morgan fingerprint density at radius 1 is 0.919 bits per heavy atom. The van der Waals surface area contributed by atoms with E-state index in [1.54, 1.807) is 0 Å². The second kappa shape index (κ2) is 11.5. The lowest BCUT2D eigenvalue weighted by Gasteiger charge is -2.31. The first kappa shape index (κ1) is 27.2. The zero-order chi connectivity index (χ0) is 27.3. The van der Waals surface area contributed by atoms with Crippen LogP contribution in [0.3, 0.4) is 0 Å². The van der Waals surface area contributed by atoms with Gasteiger partial charge in [-0.05, 0) is 24.3 Å². The van der Waals surface area contributed by atoms with Crippen molar-refractivity contribution in [2.24, 2.45) is 0 Å². The molecule has 2 aromatic rings. The van der Waals surface area contributed by atoms with Gasteiger partial charge in [0.15, 0.2) is 12.4 Å². The molecule has 0 radical (unpaired) electrons. The summed E-state index contributed by atoms with van der Waals surface area (Å²) in [6.07, 6.45) is -3.22. The molecule has 1 aliphatic rings. The van der Waals surface area contributed by atoms with Gasteiger partial charge in [-0.15, -0.1) is 0 Å². The second-order valence-electron chi connectivity index (χ2n) is 7.98. The molecular weight excluding hydrogens is 494 g/mol. The van der Waals surface area contributed by atoms with E-state index < -0.39 is 52.2 Å². The fraction of sp³-hybridized carbons (Fsp3) is 0.348. The summed E-state index contributed by atoms with van der Waals surface area (Å²) in [6, 6.07) is 8.62. The normalized spacial score (nSPS) is 20.6. The van der Waals surface area contributed by atoms with Crippen molar-refractivity contribution in [3.05, 3.63) is 79.9 Å². The maximum Gasteiger partial charge on any atom is 0.338 e. The number of nitro groups is 2. The van der Waals surface area contributed by atoms with Crippen LogP contribution in [0, 0.1) is 20.2 Å². The predicted octanol–water partition coefficient (Wildman–Crippen LogP) is 2.10. The molecule has 0 bridgehead atoms. The van der Waals surface area contributed by atoms with Gasteiger partial charge in [0.25, 0.3) is 11.4 Å². The number of amides is 1. The summed E-state index contributed by atoms with van der Waals surface area (Å²) >= 11 is 0. The third kappa shape index (κ3) is 6.23. The highest BCUT2D eigenvalue weighted by Crippen LogP contribution is 2.30. The van der Waals surface area contributed by atoms with Gasteiger partial charge in [0.2, 0.25) is 5.91 Å². The van der Waals surface area contributed by atoms with E-state index in [4.69, 9.17) is 18.9 Å². The number of nitrogens with zero attached hydrogens (tertiary/aromatic N) is 3. The Bertz CT molecular complexity index is 1180. The fourth-order valence-electron chi connectivity index (χ4n) is 3.71. The van der Waals surface area contributed by atoms with E-state index >= 15 is 0 Å². The van der Waals surface area contributed by atoms with Crippen LogP contribution < -0.4 is 0 Å². The van der Waals surface area contributed by atoms with E-state index in [2.05, 4.69) is 0 Å². The van der Waals surface area contributed by atoms with Crippen LogP contribution in [0.5, 0.6) is 0 Å². The minimum atomic E-state index is -1.13. The molecule has 14 heteroatoms. The van der Waals surface area contributed by atoms with Gasteiger partial charge in [-0.25, -0.2) is 9.59 Å². The average Bonchev–Trinajstić information content (AvgIpc) is 3.23. The summed E-state index contributed by atoms with van der Waals surface area (Å²) < 4.78 is 22.0. The number of esters is 2. The van der Waals surface area contributed by atoms with Gasteiger partial charge >= 0.3 is 11.9 Å². The van der Waals surface area contributed by atoms with Crippen molar-refractivity contribution in [3.8, 4) is 0 Å². The van der Waals surface area contributed by atoms with E-state index in [9.17, 15) is 34.6 Å². The number of methoxy groups -OCH3 is 1. The number of nitro benzene ring substituents is 2. The van der Waals surface area contributed by atoms with Crippen molar-refractivity contribution in [2.45, 2.75) is 31.5 Å². The van der Waals surface area contributed by atoms with E-state index in [1.165, 1.54) is 50.2 Å². The minimum Gasteiger partial charge on any atom is -0.459 e. The Hall–Kier alpha value is -4.43.